The number of ketones is 1. The number of hydrogen-bond donors (Lipinski definition) is 1. The van der Waals surface area contributed by atoms with E-state index in [-0.39, 0.29) is 11.3 Å². The van der Waals surface area contributed by atoms with Gasteiger partial charge < -0.3 is 14.3 Å². The van der Waals surface area contributed by atoms with Gasteiger partial charge in [-0.1, -0.05) is 35.9 Å². The van der Waals surface area contributed by atoms with Gasteiger partial charge in [-0.05, 0) is 49.1 Å². The van der Waals surface area contributed by atoms with Crippen LogP contribution in [0.2, 0.25) is 0 Å². The first-order valence-electron chi connectivity index (χ1n) is 10.4. The number of rotatable bonds is 5. The van der Waals surface area contributed by atoms with Gasteiger partial charge in [0.25, 0.3) is 5.91 Å². The van der Waals surface area contributed by atoms with Gasteiger partial charge in [-0.25, -0.2) is 0 Å². The molecular weight excluding hydrogens is 438 g/mol. The van der Waals surface area contributed by atoms with Crippen LogP contribution in [0.15, 0.2) is 75.7 Å². The Hall–Kier alpha value is -3.84. The van der Waals surface area contributed by atoms with E-state index in [2.05, 4.69) is 0 Å². The van der Waals surface area contributed by atoms with Crippen molar-refractivity contribution in [1.29, 1.82) is 0 Å². The Labute approximate surface area is 194 Å². The summed E-state index contributed by atoms with van der Waals surface area (Å²) in [7, 11) is 1.53. The Morgan fingerprint density at radius 3 is 2.64 bits per heavy atom. The van der Waals surface area contributed by atoms with Crippen molar-refractivity contribution < 1.29 is 23.8 Å². The van der Waals surface area contributed by atoms with Crippen molar-refractivity contribution >= 4 is 39.7 Å². The molecule has 0 fully saturated rings. The maximum Gasteiger partial charge on any atom is 0.294 e. The molecule has 1 aliphatic heterocycles. The van der Waals surface area contributed by atoms with E-state index >= 15 is 0 Å². The number of carbonyl (C=O) groups is 2. The number of hydrogen-bond acceptors (Lipinski definition) is 6. The quantitative estimate of drug-likeness (QED) is 0.376. The fourth-order valence-electron chi connectivity index (χ4n) is 4.32. The number of benzene rings is 2. The number of aliphatic hydroxyl groups is 1. The van der Waals surface area contributed by atoms with Gasteiger partial charge in [0, 0.05) is 16.0 Å². The summed E-state index contributed by atoms with van der Waals surface area (Å²) < 4.78 is 11.2. The van der Waals surface area contributed by atoms with E-state index in [1.54, 1.807) is 18.2 Å². The number of aryl methyl sites for hydroxylation is 2. The van der Waals surface area contributed by atoms with E-state index in [4.69, 9.17) is 9.15 Å². The lowest BCUT2D eigenvalue weighted by atomic mass is 9.99. The van der Waals surface area contributed by atoms with Crippen LogP contribution < -0.4 is 9.64 Å². The molecule has 1 unspecified atom stereocenters. The van der Waals surface area contributed by atoms with Gasteiger partial charge in [0.15, 0.2) is 22.9 Å². The largest absolute Gasteiger partial charge is 0.503 e. The van der Waals surface area contributed by atoms with E-state index in [1.807, 2.05) is 55.6 Å². The SMILES string of the molecule is COc1cccc2cc(C(=O)C3=C(O)C(=O)N(c4ccc(C)cc4C)C3c3cccs3)oc12. The molecule has 0 saturated heterocycles. The molecule has 1 N–H and O–H groups in total. The molecule has 0 aliphatic carbocycles. The van der Waals surface area contributed by atoms with Crippen molar-refractivity contribution in [1.82, 2.24) is 0 Å². The van der Waals surface area contributed by atoms with Gasteiger partial charge >= 0.3 is 0 Å². The van der Waals surface area contributed by atoms with Crippen LogP contribution in [0, 0.1) is 13.8 Å². The van der Waals surface area contributed by atoms with Crippen LogP contribution >= 0.6 is 11.3 Å². The summed E-state index contributed by atoms with van der Waals surface area (Å²) in [5.74, 6) is -1.18. The normalized spacial score (nSPS) is 16.2. The van der Waals surface area contributed by atoms with Crippen LogP contribution in [0.1, 0.15) is 32.6 Å². The molecule has 1 aliphatic rings. The van der Waals surface area contributed by atoms with Crippen molar-refractivity contribution in [3.63, 3.8) is 0 Å². The molecule has 166 valence electrons. The van der Waals surface area contributed by atoms with Crippen molar-refractivity contribution in [3.8, 4) is 5.75 Å². The van der Waals surface area contributed by atoms with Crippen molar-refractivity contribution in [3.05, 3.63) is 93.1 Å². The molecule has 7 heteroatoms. The summed E-state index contributed by atoms with van der Waals surface area (Å²) in [4.78, 5) is 29.2. The van der Waals surface area contributed by atoms with Gasteiger partial charge in [0.2, 0.25) is 5.78 Å². The third-order valence-corrected chi connectivity index (χ3v) is 6.75. The fraction of sp³-hybridized carbons (Fsp3) is 0.154. The molecular formula is C26H21NO5S. The lowest BCUT2D eigenvalue weighted by Gasteiger charge is -2.27. The summed E-state index contributed by atoms with van der Waals surface area (Å²) in [6, 6.07) is 15.6. The van der Waals surface area contributed by atoms with Crippen LogP contribution in [-0.4, -0.2) is 23.9 Å². The van der Waals surface area contributed by atoms with Crippen LogP contribution in [0.4, 0.5) is 5.69 Å². The molecule has 2 aromatic heterocycles. The van der Waals surface area contributed by atoms with Gasteiger partial charge in [-0.15, -0.1) is 11.3 Å². The average molecular weight is 460 g/mol. The molecule has 3 heterocycles. The predicted molar refractivity (Wildman–Crippen MR) is 127 cm³/mol. The second kappa shape index (κ2) is 7.94. The van der Waals surface area contributed by atoms with Crippen molar-refractivity contribution in [2.45, 2.75) is 19.9 Å². The molecule has 0 spiro atoms. The molecule has 1 amide bonds. The predicted octanol–water partition coefficient (Wildman–Crippen LogP) is 5.90. The smallest absolute Gasteiger partial charge is 0.294 e. The average Bonchev–Trinajstić information content (AvgIpc) is 3.53. The lowest BCUT2D eigenvalue weighted by Crippen LogP contribution is -2.31. The molecule has 0 bridgehead atoms. The molecule has 0 saturated carbocycles. The minimum atomic E-state index is -0.762. The van der Waals surface area contributed by atoms with E-state index in [9.17, 15) is 14.7 Å². The number of ether oxygens (including phenoxy) is 1. The van der Waals surface area contributed by atoms with Gasteiger partial charge in [-0.3, -0.25) is 14.5 Å². The van der Waals surface area contributed by atoms with Crippen molar-refractivity contribution in [2.75, 3.05) is 12.0 Å². The topological polar surface area (TPSA) is 80.0 Å². The molecule has 4 aromatic rings. The number of para-hydroxylation sites is 1. The van der Waals surface area contributed by atoms with Crippen LogP contribution in [0.25, 0.3) is 11.0 Å². The number of thiophene rings is 1. The second-order valence-electron chi connectivity index (χ2n) is 7.96. The Bertz CT molecular complexity index is 1430. The first-order chi connectivity index (χ1) is 15.9. The zero-order valence-corrected chi connectivity index (χ0v) is 19.1. The Kier molecular flexibility index (Phi) is 5.06. The zero-order chi connectivity index (χ0) is 23.3. The number of nitrogens with zero attached hydrogens (tertiary/aromatic N) is 1. The maximum atomic E-state index is 13.7. The van der Waals surface area contributed by atoms with Crippen LogP contribution in [-0.2, 0) is 4.79 Å². The highest BCUT2D eigenvalue weighted by molar-refractivity contribution is 7.10. The number of Topliss-reactive ketones (excluding diaryl/α,β-unsaturated/α-hetero) is 1. The second-order valence-corrected chi connectivity index (χ2v) is 8.94. The Balaban J connectivity index is 1.65. The van der Waals surface area contributed by atoms with Crippen LogP contribution in [0.3, 0.4) is 0 Å². The molecule has 0 radical (unpaired) electrons. The summed E-state index contributed by atoms with van der Waals surface area (Å²) in [5.41, 5.74) is 3.01. The number of amides is 1. The zero-order valence-electron chi connectivity index (χ0n) is 18.3. The Morgan fingerprint density at radius 2 is 1.94 bits per heavy atom. The summed E-state index contributed by atoms with van der Waals surface area (Å²) in [6.07, 6.45) is 0. The molecule has 5 rings (SSSR count). The van der Waals surface area contributed by atoms with E-state index in [0.29, 0.717) is 22.4 Å². The molecule has 1 atom stereocenters. The minimum absolute atomic E-state index is 0.000415. The third kappa shape index (κ3) is 3.32. The number of aliphatic hydroxyl groups excluding tert-OH is 1. The van der Waals surface area contributed by atoms with Gasteiger partial charge in [-0.2, -0.15) is 0 Å². The minimum Gasteiger partial charge on any atom is -0.503 e. The molecule has 2 aromatic carbocycles. The number of fused-ring (bicyclic) bond motifs is 1. The first kappa shape index (κ1) is 21.0. The molecule has 6 nitrogen and oxygen atoms in total. The first-order valence-corrected chi connectivity index (χ1v) is 11.3. The monoisotopic (exact) mass is 459 g/mol. The van der Waals surface area contributed by atoms with Gasteiger partial charge in [0.1, 0.15) is 6.04 Å². The Morgan fingerprint density at radius 1 is 1.12 bits per heavy atom. The van der Waals surface area contributed by atoms with E-state index in [0.717, 1.165) is 16.0 Å². The highest BCUT2D eigenvalue weighted by atomic mass is 32.1. The fourth-order valence-corrected chi connectivity index (χ4v) is 5.14. The standard InChI is InChI=1S/C26H21NO5S/c1-14-9-10-17(15(2)12-14)27-22(20-8-5-11-33-20)21(24(29)26(27)30)23(28)19-13-16-6-4-7-18(31-3)25(16)32-19/h4-13,22,29H,1-3H3. The summed E-state index contributed by atoms with van der Waals surface area (Å²) >= 11 is 1.42. The molecule has 33 heavy (non-hydrogen) atoms. The van der Waals surface area contributed by atoms with Crippen LogP contribution in [0.5, 0.6) is 5.75 Å². The third-order valence-electron chi connectivity index (χ3n) is 5.83. The lowest BCUT2D eigenvalue weighted by molar-refractivity contribution is -0.117. The number of furan rings is 1. The number of methoxy groups -OCH3 is 1. The highest BCUT2D eigenvalue weighted by Crippen LogP contribution is 2.44. The van der Waals surface area contributed by atoms with E-state index in [1.165, 1.54) is 23.3 Å². The highest BCUT2D eigenvalue weighted by Gasteiger charge is 2.46. The number of anilines is 1. The van der Waals surface area contributed by atoms with Gasteiger partial charge in [0.05, 0.1) is 12.7 Å². The summed E-state index contributed by atoms with van der Waals surface area (Å²) in [6.45, 7) is 3.88. The van der Waals surface area contributed by atoms with E-state index < -0.39 is 23.5 Å². The van der Waals surface area contributed by atoms with Crippen molar-refractivity contribution in [2.24, 2.45) is 0 Å². The summed E-state index contributed by atoms with van der Waals surface area (Å²) in [5, 5.41) is 13.5. The maximum absolute atomic E-state index is 13.7. The number of carbonyl (C=O) groups excluding carboxylic acids is 2.